The molecule has 1 aromatic carbocycles. The molecule has 0 aliphatic carbocycles. The second kappa shape index (κ2) is 6.80. The zero-order chi connectivity index (χ0) is 14.5. The van der Waals surface area contributed by atoms with Crippen LogP contribution in [0.2, 0.25) is 0 Å². The van der Waals surface area contributed by atoms with Crippen LogP contribution >= 0.6 is 0 Å². The van der Waals surface area contributed by atoms with E-state index in [-0.39, 0.29) is 0 Å². The maximum Gasteiger partial charge on any atom is 0.169 e. The lowest BCUT2D eigenvalue weighted by Crippen LogP contribution is -2.50. The Bertz CT molecular complexity index is 420. The van der Waals surface area contributed by atoms with Crippen molar-refractivity contribution in [3.05, 3.63) is 35.4 Å². The summed E-state index contributed by atoms with van der Waals surface area (Å²) >= 11 is 0. The minimum Gasteiger partial charge on any atom is -0.388 e. The molecule has 0 amide bonds. The molecule has 0 aliphatic rings. The zero-order valence-electron chi connectivity index (χ0n) is 11.8. The van der Waals surface area contributed by atoms with E-state index in [9.17, 15) is 9.90 Å². The first-order chi connectivity index (χ1) is 8.95. The largest absolute Gasteiger partial charge is 0.388 e. The monoisotopic (exact) mass is 265 g/mol. The van der Waals surface area contributed by atoms with Gasteiger partial charge in [0.15, 0.2) is 5.72 Å². The van der Waals surface area contributed by atoms with E-state index in [0.717, 1.165) is 12.7 Å². The average Bonchev–Trinajstić information content (AvgIpc) is 2.43. The smallest absolute Gasteiger partial charge is 0.169 e. The Morgan fingerprint density at radius 1 is 1.37 bits per heavy atom. The molecular weight excluding hydrogens is 242 g/mol. The number of aldehydes is 1. The quantitative estimate of drug-likeness (QED) is 0.584. The third kappa shape index (κ3) is 3.62. The average molecular weight is 265 g/mol. The number of benzene rings is 1. The molecule has 0 spiro atoms. The summed E-state index contributed by atoms with van der Waals surface area (Å²) in [7, 11) is 1.44. The first kappa shape index (κ1) is 15.8. The van der Waals surface area contributed by atoms with Gasteiger partial charge in [-0.15, -0.1) is 0 Å². The lowest BCUT2D eigenvalue weighted by atomic mass is 9.89. The summed E-state index contributed by atoms with van der Waals surface area (Å²) in [5, 5.41) is 10.3. The molecule has 0 aromatic heterocycles. The van der Waals surface area contributed by atoms with Gasteiger partial charge in [0.1, 0.15) is 12.4 Å². The van der Waals surface area contributed by atoms with E-state index >= 15 is 0 Å². The molecule has 1 rings (SSSR count). The topological polar surface area (TPSA) is 72.5 Å². The molecule has 4 heteroatoms. The van der Waals surface area contributed by atoms with Crippen LogP contribution in [0.3, 0.4) is 0 Å². The highest BCUT2D eigenvalue weighted by Crippen LogP contribution is 2.28. The van der Waals surface area contributed by atoms with E-state index in [1.807, 2.05) is 0 Å². The van der Waals surface area contributed by atoms with Crippen molar-refractivity contribution in [3.63, 3.8) is 0 Å². The van der Waals surface area contributed by atoms with Crippen molar-refractivity contribution in [2.45, 2.75) is 38.5 Å². The minimum atomic E-state index is -1.35. The molecule has 0 saturated heterocycles. The number of rotatable bonds is 7. The third-order valence-electron chi connectivity index (χ3n) is 3.36. The van der Waals surface area contributed by atoms with Gasteiger partial charge < -0.3 is 9.84 Å². The van der Waals surface area contributed by atoms with Gasteiger partial charge in [0.05, 0.1) is 0 Å². The molecule has 0 aliphatic heterocycles. The maximum atomic E-state index is 11.1. The number of hydrogen-bond acceptors (Lipinski definition) is 4. The highest BCUT2D eigenvalue weighted by atomic mass is 16.5. The van der Waals surface area contributed by atoms with Gasteiger partial charge in [0, 0.05) is 18.2 Å². The molecule has 1 aromatic rings. The molecule has 19 heavy (non-hydrogen) atoms. The Balaban J connectivity index is 3.04. The van der Waals surface area contributed by atoms with Crippen molar-refractivity contribution >= 4 is 6.29 Å². The minimum absolute atomic E-state index is 0.440. The Morgan fingerprint density at radius 3 is 2.53 bits per heavy atom. The van der Waals surface area contributed by atoms with Gasteiger partial charge >= 0.3 is 0 Å². The van der Waals surface area contributed by atoms with Crippen molar-refractivity contribution in [3.8, 4) is 0 Å². The predicted octanol–water partition coefficient (Wildman–Crippen LogP) is 2.05. The number of aliphatic hydroxyl groups excluding tert-OH is 1. The summed E-state index contributed by atoms with van der Waals surface area (Å²) < 4.78 is 5.33. The molecule has 106 valence electrons. The molecule has 0 bridgehead atoms. The number of nitrogens with two attached hydrogens (primary N) is 1. The van der Waals surface area contributed by atoms with E-state index in [2.05, 4.69) is 13.8 Å². The van der Waals surface area contributed by atoms with Gasteiger partial charge in [-0.25, -0.2) is 0 Å². The summed E-state index contributed by atoms with van der Waals surface area (Å²) in [6, 6.07) is 6.91. The Labute approximate surface area is 114 Å². The number of carbonyl (C=O) groups is 1. The van der Waals surface area contributed by atoms with Crippen LogP contribution < -0.4 is 5.73 Å². The van der Waals surface area contributed by atoms with Crippen LogP contribution in [0.5, 0.6) is 0 Å². The lowest BCUT2D eigenvalue weighted by molar-refractivity contribution is -0.109. The summed E-state index contributed by atoms with van der Waals surface area (Å²) in [4.78, 5) is 11.1. The Hall–Kier alpha value is -1.23. The molecule has 3 N–H and O–H groups in total. The number of ether oxygens (including phenoxy) is 1. The molecular formula is C15H23NO3. The van der Waals surface area contributed by atoms with E-state index in [1.165, 1.54) is 7.11 Å². The number of carbonyl (C=O) groups excluding carboxylic acids is 1. The van der Waals surface area contributed by atoms with Crippen LogP contribution in [0.4, 0.5) is 0 Å². The van der Waals surface area contributed by atoms with Crippen LogP contribution in [0.1, 0.15) is 42.6 Å². The summed E-state index contributed by atoms with van der Waals surface area (Å²) in [6.45, 7) is 4.16. The van der Waals surface area contributed by atoms with E-state index in [4.69, 9.17) is 10.5 Å². The first-order valence-corrected chi connectivity index (χ1v) is 6.52. The molecule has 4 nitrogen and oxygen atoms in total. The fourth-order valence-electron chi connectivity index (χ4n) is 2.09. The molecule has 0 fully saturated rings. The van der Waals surface area contributed by atoms with Crippen LogP contribution in [0.15, 0.2) is 24.3 Å². The third-order valence-corrected chi connectivity index (χ3v) is 3.36. The molecule has 0 saturated carbocycles. The van der Waals surface area contributed by atoms with Gasteiger partial charge in [0.25, 0.3) is 0 Å². The van der Waals surface area contributed by atoms with E-state index in [0.29, 0.717) is 23.5 Å². The van der Waals surface area contributed by atoms with Crippen LogP contribution in [-0.4, -0.2) is 24.6 Å². The summed E-state index contributed by atoms with van der Waals surface area (Å²) in [5.74, 6) is 0.470. The van der Waals surface area contributed by atoms with Crippen molar-refractivity contribution < 1.29 is 14.6 Å². The van der Waals surface area contributed by atoms with Gasteiger partial charge in [-0.2, -0.15) is 0 Å². The SMILES string of the molecule is CO[C@](N)(c1ccccc1C=O)[C@H](O)CCC(C)C. The van der Waals surface area contributed by atoms with Crippen molar-refractivity contribution in [2.75, 3.05) is 7.11 Å². The molecule has 0 heterocycles. The fraction of sp³-hybridized carbons (Fsp3) is 0.533. The maximum absolute atomic E-state index is 11.1. The molecule has 0 unspecified atom stereocenters. The van der Waals surface area contributed by atoms with Gasteiger partial charge in [0.2, 0.25) is 0 Å². The summed E-state index contributed by atoms with van der Waals surface area (Å²) in [5.41, 5.74) is 5.80. The number of aliphatic hydroxyl groups is 1. The van der Waals surface area contributed by atoms with E-state index in [1.54, 1.807) is 24.3 Å². The van der Waals surface area contributed by atoms with Crippen molar-refractivity contribution in [2.24, 2.45) is 11.7 Å². The summed E-state index contributed by atoms with van der Waals surface area (Å²) in [6.07, 6.45) is 1.23. The van der Waals surface area contributed by atoms with Crippen LogP contribution in [-0.2, 0) is 10.5 Å². The predicted molar refractivity (Wildman–Crippen MR) is 74.8 cm³/mol. The number of methoxy groups -OCH3 is 1. The Kier molecular flexibility index (Phi) is 5.66. The number of hydrogen-bond donors (Lipinski definition) is 2. The lowest BCUT2D eigenvalue weighted by Gasteiger charge is -2.34. The highest BCUT2D eigenvalue weighted by molar-refractivity contribution is 5.77. The van der Waals surface area contributed by atoms with Crippen LogP contribution in [0, 0.1) is 5.92 Å². The second-order valence-corrected chi connectivity index (χ2v) is 5.19. The van der Waals surface area contributed by atoms with Gasteiger partial charge in [-0.05, 0) is 18.8 Å². The fourth-order valence-corrected chi connectivity index (χ4v) is 2.09. The van der Waals surface area contributed by atoms with E-state index < -0.39 is 11.8 Å². The zero-order valence-corrected chi connectivity index (χ0v) is 11.8. The highest BCUT2D eigenvalue weighted by Gasteiger charge is 2.37. The van der Waals surface area contributed by atoms with Gasteiger partial charge in [-0.3, -0.25) is 10.5 Å². The molecule has 0 radical (unpaired) electrons. The normalized spacial score (nSPS) is 16.1. The Morgan fingerprint density at radius 2 is 2.00 bits per heavy atom. The van der Waals surface area contributed by atoms with Crippen molar-refractivity contribution in [1.82, 2.24) is 0 Å². The first-order valence-electron chi connectivity index (χ1n) is 6.52. The standard InChI is InChI=1S/C15H23NO3/c1-11(2)8-9-14(18)15(16,19-3)13-7-5-4-6-12(13)10-17/h4-7,10-11,14,18H,8-9,16H2,1-3H3/t14-,15-/m1/s1. The molecule has 2 atom stereocenters. The van der Waals surface area contributed by atoms with Crippen LogP contribution in [0.25, 0.3) is 0 Å². The van der Waals surface area contributed by atoms with Crippen molar-refractivity contribution in [1.29, 1.82) is 0 Å². The second-order valence-electron chi connectivity index (χ2n) is 5.19. The van der Waals surface area contributed by atoms with Gasteiger partial charge in [-0.1, -0.05) is 38.1 Å².